The van der Waals surface area contributed by atoms with E-state index in [1.807, 2.05) is 62.7 Å². The summed E-state index contributed by atoms with van der Waals surface area (Å²) < 4.78 is 1.90. The lowest BCUT2D eigenvalue weighted by Crippen LogP contribution is -2.47. The fourth-order valence-electron chi connectivity index (χ4n) is 3.23. The van der Waals surface area contributed by atoms with Crippen LogP contribution in [0.1, 0.15) is 44.1 Å². The van der Waals surface area contributed by atoms with E-state index in [2.05, 4.69) is 10.4 Å². The highest BCUT2D eigenvalue weighted by Crippen LogP contribution is 2.16. The van der Waals surface area contributed by atoms with Crippen LogP contribution >= 0.6 is 0 Å². The van der Waals surface area contributed by atoms with Crippen molar-refractivity contribution in [2.24, 2.45) is 5.92 Å². The molecule has 0 fully saturated rings. The maximum atomic E-state index is 12.8. The molecule has 2 rings (SSSR count). The molecule has 0 aliphatic carbocycles. The number of likely N-dealkylation sites (N-methyl/N-ethyl adjacent to an activating group) is 1. The van der Waals surface area contributed by atoms with Gasteiger partial charge in [-0.1, -0.05) is 26.0 Å². The Kier molecular flexibility index (Phi) is 6.77. The number of hydrogen-bond acceptors (Lipinski definition) is 3. The first kappa shape index (κ1) is 20.7. The molecule has 27 heavy (non-hydrogen) atoms. The summed E-state index contributed by atoms with van der Waals surface area (Å²) >= 11 is 0. The first-order valence-corrected chi connectivity index (χ1v) is 9.32. The summed E-state index contributed by atoms with van der Waals surface area (Å²) in [7, 11) is 1.77. The van der Waals surface area contributed by atoms with Crippen molar-refractivity contribution in [2.75, 3.05) is 7.05 Å². The van der Waals surface area contributed by atoms with E-state index in [9.17, 15) is 9.59 Å². The number of nitrogens with zero attached hydrogens (tertiary/aromatic N) is 3. The summed E-state index contributed by atoms with van der Waals surface area (Å²) in [6.45, 7) is 9.99. The molecule has 2 aromatic rings. The van der Waals surface area contributed by atoms with Crippen LogP contribution in [-0.2, 0) is 16.1 Å². The number of benzene rings is 1. The highest BCUT2D eigenvalue weighted by atomic mass is 16.2. The molecule has 6 nitrogen and oxygen atoms in total. The first-order valence-electron chi connectivity index (χ1n) is 9.32. The van der Waals surface area contributed by atoms with Gasteiger partial charge in [0.05, 0.1) is 11.4 Å². The molecule has 1 aromatic carbocycles. The molecule has 0 saturated carbocycles. The second kappa shape index (κ2) is 8.84. The SMILES string of the molecule is CC(=O)N[C@@H](CC(C)C)C(=O)N(C)Cc1cccc(-n2nc(C)cc2C)c1. The Balaban J connectivity index is 2.15. The third kappa shape index (κ3) is 5.67. The molecule has 146 valence electrons. The van der Waals surface area contributed by atoms with Crippen molar-refractivity contribution < 1.29 is 9.59 Å². The topological polar surface area (TPSA) is 67.2 Å². The highest BCUT2D eigenvalue weighted by Gasteiger charge is 2.24. The van der Waals surface area contributed by atoms with Crippen LogP contribution in [0.5, 0.6) is 0 Å². The van der Waals surface area contributed by atoms with Gasteiger partial charge in [0, 0.05) is 26.2 Å². The molecule has 1 N–H and O–H groups in total. The summed E-state index contributed by atoms with van der Waals surface area (Å²) in [6.07, 6.45) is 0.620. The molecule has 0 saturated heterocycles. The second-order valence-corrected chi connectivity index (χ2v) is 7.59. The second-order valence-electron chi connectivity index (χ2n) is 7.59. The summed E-state index contributed by atoms with van der Waals surface area (Å²) in [6, 6.07) is 9.55. The van der Waals surface area contributed by atoms with Crippen molar-refractivity contribution in [1.29, 1.82) is 0 Å². The Morgan fingerprint density at radius 2 is 1.93 bits per heavy atom. The molecule has 1 heterocycles. The van der Waals surface area contributed by atoms with Gasteiger partial charge in [-0.15, -0.1) is 0 Å². The normalized spacial score (nSPS) is 12.1. The lowest BCUT2D eigenvalue weighted by Gasteiger charge is -2.25. The molecular formula is C21H30N4O2. The number of amides is 2. The fraction of sp³-hybridized carbons (Fsp3) is 0.476. The first-order chi connectivity index (χ1) is 12.7. The van der Waals surface area contributed by atoms with Gasteiger partial charge in [-0.2, -0.15) is 5.10 Å². The summed E-state index contributed by atoms with van der Waals surface area (Å²) in [5.74, 6) is 0.0536. The van der Waals surface area contributed by atoms with E-state index in [1.54, 1.807) is 11.9 Å². The number of aryl methyl sites for hydroxylation is 2. The van der Waals surface area contributed by atoms with Crippen LogP contribution in [0.2, 0.25) is 0 Å². The van der Waals surface area contributed by atoms with E-state index < -0.39 is 6.04 Å². The summed E-state index contributed by atoms with van der Waals surface area (Å²) in [5.41, 5.74) is 4.02. The molecule has 2 amide bonds. The maximum Gasteiger partial charge on any atom is 0.245 e. The highest BCUT2D eigenvalue weighted by molar-refractivity contribution is 5.86. The van der Waals surface area contributed by atoms with Crippen molar-refractivity contribution in [2.45, 2.75) is 53.6 Å². The molecule has 0 bridgehead atoms. The zero-order valence-electron chi connectivity index (χ0n) is 17.1. The van der Waals surface area contributed by atoms with Crippen LogP contribution in [-0.4, -0.2) is 39.6 Å². The van der Waals surface area contributed by atoms with E-state index in [4.69, 9.17) is 0 Å². The molecule has 1 atom stereocenters. The van der Waals surface area contributed by atoms with Crippen LogP contribution in [0.4, 0.5) is 0 Å². The maximum absolute atomic E-state index is 12.8. The van der Waals surface area contributed by atoms with Crippen LogP contribution in [0.25, 0.3) is 5.69 Å². The molecule has 0 aliphatic rings. The Morgan fingerprint density at radius 1 is 1.22 bits per heavy atom. The van der Waals surface area contributed by atoms with Crippen molar-refractivity contribution in [3.05, 3.63) is 47.3 Å². The van der Waals surface area contributed by atoms with Crippen molar-refractivity contribution in [1.82, 2.24) is 20.0 Å². The van der Waals surface area contributed by atoms with Crippen LogP contribution in [0, 0.1) is 19.8 Å². The van der Waals surface area contributed by atoms with Gasteiger partial charge in [0.15, 0.2) is 0 Å². The number of nitrogens with one attached hydrogen (secondary N) is 1. The summed E-state index contributed by atoms with van der Waals surface area (Å²) in [4.78, 5) is 26.0. The lowest BCUT2D eigenvalue weighted by atomic mass is 10.0. The zero-order valence-corrected chi connectivity index (χ0v) is 17.1. The largest absolute Gasteiger partial charge is 0.345 e. The predicted molar refractivity (Wildman–Crippen MR) is 107 cm³/mol. The Bertz CT molecular complexity index is 810. The van der Waals surface area contributed by atoms with Gasteiger partial charge >= 0.3 is 0 Å². The number of hydrogen-bond donors (Lipinski definition) is 1. The van der Waals surface area contributed by atoms with Gasteiger partial charge in [-0.05, 0) is 49.9 Å². The van der Waals surface area contributed by atoms with E-state index >= 15 is 0 Å². The number of carbonyl (C=O) groups is 2. The van der Waals surface area contributed by atoms with Gasteiger partial charge in [0.1, 0.15) is 6.04 Å². The molecule has 6 heteroatoms. The van der Waals surface area contributed by atoms with Crippen LogP contribution < -0.4 is 5.32 Å². The number of rotatable bonds is 7. The monoisotopic (exact) mass is 370 g/mol. The van der Waals surface area contributed by atoms with E-state index in [0.717, 1.165) is 22.6 Å². The molecule has 0 unspecified atom stereocenters. The smallest absolute Gasteiger partial charge is 0.245 e. The standard InChI is InChI=1S/C21H30N4O2/c1-14(2)10-20(22-17(5)26)21(27)24(6)13-18-8-7-9-19(12-18)25-16(4)11-15(3)23-25/h7-9,11-12,14,20H,10,13H2,1-6H3,(H,22,26)/t20-/m0/s1. The minimum Gasteiger partial charge on any atom is -0.345 e. The number of carbonyl (C=O) groups excluding carboxylic acids is 2. The minimum absolute atomic E-state index is 0.0737. The molecular weight excluding hydrogens is 340 g/mol. The Hall–Kier alpha value is -2.63. The third-order valence-electron chi connectivity index (χ3n) is 4.34. The third-order valence-corrected chi connectivity index (χ3v) is 4.34. The fourth-order valence-corrected chi connectivity index (χ4v) is 3.23. The van der Waals surface area contributed by atoms with E-state index in [-0.39, 0.29) is 11.8 Å². The lowest BCUT2D eigenvalue weighted by molar-refractivity contribution is -0.135. The predicted octanol–water partition coefficient (Wildman–Crippen LogP) is 3.00. The van der Waals surface area contributed by atoms with E-state index in [0.29, 0.717) is 18.9 Å². The van der Waals surface area contributed by atoms with Gasteiger partial charge in [0.2, 0.25) is 11.8 Å². The minimum atomic E-state index is -0.494. The Morgan fingerprint density at radius 3 is 2.48 bits per heavy atom. The van der Waals surface area contributed by atoms with Crippen LogP contribution in [0.3, 0.4) is 0 Å². The van der Waals surface area contributed by atoms with Gasteiger partial charge < -0.3 is 10.2 Å². The molecule has 0 spiro atoms. The summed E-state index contributed by atoms with van der Waals surface area (Å²) in [5, 5.41) is 7.30. The average molecular weight is 370 g/mol. The van der Waals surface area contributed by atoms with Crippen molar-refractivity contribution in [3.63, 3.8) is 0 Å². The average Bonchev–Trinajstić information content (AvgIpc) is 2.91. The van der Waals surface area contributed by atoms with Crippen molar-refractivity contribution in [3.8, 4) is 5.69 Å². The van der Waals surface area contributed by atoms with Crippen LogP contribution in [0.15, 0.2) is 30.3 Å². The van der Waals surface area contributed by atoms with Gasteiger partial charge in [-0.25, -0.2) is 4.68 Å². The molecule has 0 aliphatic heterocycles. The van der Waals surface area contributed by atoms with Gasteiger partial charge in [-0.3, -0.25) is 9.59 Å². The molecule has 1 aromatic heterocycles. The van der Waals surface area contributed by atoms with Gasteiger partial charge in [0.25, 0.3) is 0 Å². The zero-order chi connectivity index (χ0) is 20.1. The quantitative estimate of drug-likeness (QED) is 0.815. The Labute approximate surface area is 161 Å². The van der Waals surface area contributed by atoms with E-state index in [1.165, 1.54) is 6.92 Å². The number of aromatic nitrogens is 2. The van der Waals surface area contributed by atoms with Crippen molar-refractivity contribution >= 4 is 11.8 Å². The molecule has 0 radical (unpaired) electrons.